The van der Waals surface area contributed by atoms with Gasteiger partial charge in [0.2, 0.25) is 0 Å². The molecule has 0 saturated carbocycles. The highest BCUT2D eigenvalue weighted by Crippen LogP contribution is 2.32. The van der Waals surface area contributed by atoms with Gasteiger partial charge >= 0.3 is 5.97 Å². The number of rotatable bonds is 5. The maximum atomic E-state index is 11.7. The van der Waals surface area contributed by atoms with E-state index in [9.17, 15) is 9.90 Å². The molecule has 0 fully saturated rings. The monoisotopic (exact) mass is 503 g/mol. The Morgan fingerprint density at radius 2 is 1.88 bits per heavy atom. The average molecular weight is 504 g/mol. The van der Waals surface area contributed by atoms with Gasteiger partial charge in [-0.15, -0.1) is 0 Å². The number of fused-ring (bicyclic) bond motifs is 2. The van der Waals surface area contributed by atoms with E-state index in [-0.39, 0.29) is 5.56 Å². The van der Waals surface area contributed by atoms with Gasteiger partial charge < -0.3 is 9.67 Å². The molecule has 166 valence electrons. The minimum atomic E-state index is -0.979. The van der Waals surface area contributed by atoms with Crippen LogP contribution in [0.25, 0.3) is 28.1 Å². The summed E-state index contributed by atoms with van der Waals surface area (Å²) in [7, 11) is 0. The number of carbonyl (C=O) groups is 1. The second kappa shape index (κ2) is 8.12. The summed E-state index contributed by atoms with van der Waals surface area (Å²) in [4.78, 5) is 26.0. The fourth-order valence-electron chi connectivity index (χ4n) is 4.27. The van der Waals surface area contributed by atoms with Crippen LogP contribution in [0.1, 0.15) is 39.9 Å². The fourth-order valence-corrected chi connectivity index (χ4v) is 4.85. The predicted octanol–water partition coefficient (Wildman–Crippen LogP) is 5.43. The predicted molar refractivity (Wildman–Crippen MR) is 131 cm³/mol. The quantitative estimate of drug-likeness (QED) is 0.345. The lowest BCUT2D eigenvalue weighted by Gasteiger charge is -2.09. The first-order valence-electron chi connectivity index (χ1n) is 10.7. The largest absolute Gasteiger partial charge is 0.478 e. The van der Waals surface area contributed by atoms with Gasteiger partial charge in [0.1, 0.15) is 27.3 Å². The first-order valence-corrected chi connectivity index (χ1v) is 11.5. The first kappa shape index (κ1) is 21.3. The third kappa shape index (κ3) is 3.60. The van der Waals surface area contributed by atoms with Gasteiger partial charge in [0, 0.05) is 23.9 Å². The summed E-state index contributed by atoms with van der Waals surface area (Å²) in [6, 6.07) is 12.9. The highest BCUT2D eigenvalue weighted by molar-refractivity contribution is 9.10. The number of benzene rings is 1. The number of aromatic nitrogens is 5. The standard InChI is InChI=1S/C25H22BrN5O2/c1-4-19-28-21-14(2)11-15(3)27-24(21)31(19)13-16-9-10-20-29-22(23(26)30(20)12-16)17-7-5-6-8-18(17)25(32)33/h5-12H,4,13H2,1-3H3,(H,32,33). The normalized spacial score (nSPS) is 11.5. The molecule has 5 rings (SSSR count). The molecule has 0 bridgehead atoms. The van der Waals surface area contributed by atoms with Crippen molar-refractivity contribution in [1.29, 1.82) is 0 Å². The van der Waals surface area contributed by atoms with Crippen molar-refractivity contribution < 1.29 is 9.90 Å². The van der Waals surface area contributed by atoms with Crippen molar-refractivity contribution in [2.75, 3.05) is 0 Å². The van der Waals surface area contributed by atoms with E-state index in [0.717, 1.165) is 45.9 Å². The van der Waals surface area contributed by atoms with Crippen LogP contribution >= 0.6 is 15.9 Å². The lowest BCUT2D eigenvalue weighted by molar-refractivity contribution is 0.0697. The molecule has 5 aromatic rings. The van der Waals surface area contributed by atoms with E-state index in [1.165, 1.54) is 0 Å². The molecule has 8 heteroatoms. The van der Waals surface area contributed by atoms with Crippen LogP contribution in [0.4, 0.5) is 0 Å². The smallest absolute Gasteiger partial charge is 0.336 e. The van der Waals surface area contributed by atoms with Crippen LogP contribution in [-0.4, -0.2) is 35.0 Å². The topological polar surface area (TPSA) is 85.3 Å². The van der Waals surface area contributed by atoms with Gasteiger partial charge in [-0.3, -0.25) is 4.40 Å². The van der Waals surface area contributed by atoms with Crippen LogP contribution in [0.15, 0.2) is 53.3 Å². The molecule has 7 nitrogen and oxygen atoms in total. The Hall–Kier alpha value is -3.52. The van der Waals surface area contributed by atoms with E-state index in [4.69, 9.17) is 15.0 Å². The molecule has 4 heterocycles. The van der Waals surface area contributed by atoms with Gasteiger partial charge in [0.05, 0.1) is 12.1 Å². The molecule has 0 aliphatic carbocycles. The number of nitrogens with zero attached hydrogens (tertiary/aromatic N) is 5. The number of pyridine rings is 2. The van der Waals surface area contributed by atoms with Crippen LogP contribution in [-0.2, 0) is 13.0 Å². The van der Waals surface area contributed by atoms with Crippen LogP contribution in [0, 0.1) is 13.8 Å². The van der Waals surface area contributed by atoms with E-state index in [0.29, 0.717) is 22.4 Å². The summed E-state index contributed by atoms with van der Waals surface area (Å²) in [5.41, 5.74) is 7.12. The summed E-state index contributed by atoms with van der Waals surface area (Å²) in [5, 5.41) is 9.59. The van der Waals surface area contributed by atoms with Crippen LogP contribution in [0.2, 0.25) is 0 Å². The average Bonchev–Trinajstić information content (AvgIpc) is 3.31. The molecule has 0 radical (unpaired) electrons. The minimum Gasteiger partial charge on any atom is -0.478 e. The van der Waals surface area contributed by atoms with Crippen molar-refractivity contribution in [3.63, 3.8) is 0 Å². The third-order valence-electron chi connectivity index (χ3n) is 5.79. The van der Waals surface area contributed by atoms with Crippen LogP contribution < -0.4 is 0 Å². The van der Waals surface area contributed by atoms with Crippen molar-refractivity contribution in [2.24, 2.45) is 0 Å². The lowest BCUT2D eigenvalue weighted by Crippen LogP contribution is -2.06. The summed E-state index contributed by atoms with van der Waals surface area (Å²) in [6.07, 6.45) is 2.83. The fraction of sp³-hybridized carbons (Fsp3) is 0.200. The summed E-state index contributed by atoms with van der Waals surface area (Å²) in [5.74, 6) is 0.0134. The number of carboxylic acid groups (broad SMARTS) is 1. The number of halogens is 1. The molecule has 1 aromatic carbocycles. The molecule has 33 heavy (non-hydrogen) atoms. The van der Waals surface area contributed by atoms with Crippen LogP contribution in [0.5, 0.6) is 0 Å². The van der Waals surface area contributed by atoms with Crippen molar-refractivity contribution in [1.82, 2.24) is 23.9 Å². The molecule has 0 aliphatic heterocycles. The molecule has 4 aromatic heterocycles. The summed E-state index contributed by atoms with van der Waals surface area (Å²) >= 11 is 3.65. The second-order valence-corrected chi connectivity index (χ2v) is 8.84. The van der Waals surface area contributed by atoms with E-state index in [1.54, 1.807) is 18.2 Å². The Morgan fingerprint density at radius 1 is 1.09 bits per heavy atom. The molecule has 0 spiro atoms. The lowest BCUT2D eigenvalue weighted by atomic mass is 10.1. The minimum absolute atomic E-state index is 0.219. The van der Waals surface area contributed by atoms with Gasteiger partial charge in [-0.1, -0.05) is 31.2 Å². The molecule has 0 aliphatic rings. The number of aryl methyl sites for hydroxylation is 3. The maximum absolute atomic E-state index is 11.7. The summed E-state index contributed by atoms with van der Waals surface area (Å²) < 4.78 is 4.82. The molecule has 0 amide bonds. The zero-order chi connectivity index (χ0) is 23.3. The van der Waals surface area contributed by atoms with Crippen molar-refractivity contribution in [2.45, 2.75) is 33.7 Å². The second-order valence-electron chi connectivity index (χ2n) is 8.09. The van der Waals surface area contributed by atoms with Gasteiger partial charge in [0.25, 0.3) is 0 Å². The molecule has 0 saturated heterocycles. The number of aromatic carboxylic acids is 1. The molecular formula is C25H22BrN5O2. The van der Waals surface area contributed by atoms with E-state index in [1.807, 2.05) is 35.7 Å². The molecule has 0 unspecified atom stereocenters. The molecule has 0 atom stereocenters. The van der Waals surface area contributed by atoms with Crippen LogP contribution in [0.3, 0.4) is 0 Å². The highest BCUT2D eigenvalue weighted by atomic mass is 79.9. The Kier molecular flexibility index (Phi) is 5.25. The van der Waals surface area contributed by atoms with Crippen molar-refractivity contribution in [3.8, 4) is 11.3 Å². The zero-order valence-electron chi connectivity index (χ0n) is 18.5. The van der Waals surface area contributed by atoms with E-state index < -0.39 is 5.97 Å². The Balaban J connectivity index is 1.61. The van der Waals surface area contributed by atoms with E-state index in [2.05, 4.69) is 40.4 Å². The summed E-state index contributed by atoms with van der Waals surface area (Å²) in [6.45, 7) is 6.79. The zero-order valence-corrected chi connectivity index (χ0v) is 20.1. The number of carboxylic acids is 1. The van der Waals surface area contributed by atoms with Gasteiger partial charge in [-0.2, -0.15) is 0 Å². The Morgan fingerprint density at radius 3 is 2.64 bits per heavy atom. The van der Waals surface area contributed by atoms with Gasteiger partial charge in [0.15, 0.2) is 5.65 Å². The third-order valence-corrected chi connectivity index (χ3v) is 6.55. The van der Waals surface area contributed by atoms with Gasteiger partial charge in [-0.25, -0.2) is 19.7 Å². The maximum Gasteiger partial charge on any atom is 0.336 e. The Bertz CT molecular complexity index is 1550. The van der Waals surface area contributed by atoms with Crippen molar-refractivity contribution in [3.05, 3.63) is 81.5 Å². The number of hydrogen-bond donors (Lipinski definition) is 1. The van der Waals surface area contributed by atoms with Crippen molar-refractivity contribution >= 4 is 38.7 Å². The molecular weight excluding hydrogens is 482 g/mol. The number of imidazole rings is 2. The van der Waals surface area contributed by atoms with Gasteiger partial charge in [-0.05, 0) is 59.1 Å². The highest BCUT2D eigenvalue weighted by Gasteiger charge is 2.19. The van der Waals surface area contributed by atoms with E-state index >= 15 is 0 Å². The Labute approximate surface area is 198 Å². The number of hydrogen-bond acceptors (Lipinski definition) is 4. The first-order chi connectivity index (χ1) is 15.9. The SMILES string of the molecule is CCc1nc2c(C)cc(C)nc2n1Cc1ccc2nc(-c3ccccc3C(=O)O)c(Br)n2c1. The molecule has 1 N–H and O–H groups in total.